The molecule has 1 N–H and O–H groups in total. The van der Waals surface area contributed by atoms with Crippen molar-refractivity contribution in [2.24, 2.45) is 0 Å². The van der Waals surface area contributed by atoms with Crippen LogP contribution < -0.4 is 9.47 Å². The Bertz CT molecular complexity index is 588. The molecule has 0 fully saturated rings. The third kappa shape index (κ3) is 3.55. The third-order valence-corrected chi connectivity index (χ3v) is 2.40. The topological polar surface area (TPSA) is 60.0 Å². The molecule has 98 valence electrons. The van der Waals surface area contributed by atoms with Crippen LogP contribution in [0, 0.1) is 0 Å². The molecule has 0 unspecified atom stereocenters. The van der Waals surface area contributed by atoms with Crippen LogP contribution in [0.15, 0.2) is 60.7 Å². The van der Waals surface area contributed by atoms with E-state index in [9.17, 15) is 0 Å². The molecule has 20 heavy (non-hydrogen) atoms. The molecule has 3 aromatic rings. The van der Waals surface area contributed by atoms with Crippen molar-refractivity contribution < 1.29 is 35.7 Å². The molecule has 3 rings (SSSR count). The average molecular weight is 344 g/mol. The van der Waals surface area contributed by atoms with Crippen molar-refractivity contribution in [3.63, 3.8) is 0 Å². The number of aromatic amines is 1. The molecule has 2 aromatic carbocycles. The Balaban J connectivity index is 0.00000147. The standard InChI is InChI=1S/C14H11N3O2.Zr/c1-3-7-11(8-4-1)18-13-14(16-17-15-13)19-12-9-5-2-6-10-12;/h1-10H,(H,15,16,17);. The number of H-pyrrole nitrogens is 1. The van der Waals surface area contributed by atoms with Crippen molar-refractivity contribution in [1.82, 2.24) is 15.4 Å². The molecule has 0 aliphatic carbocycles. The zero-order valence-electron chi connectivity index (χ0n) is 10.5. The van der Waals surface area contributed by atoms with Gasteiger partial charge in [0, 0.05) is 26.2 Å². The molecule has 1 aromatic heterocycles. The smallest absolute Gasteiger partial charge is 0.304 e. The summed E-state index contributed by atoms with van der Waals surface area (Å²) in [5.74, 6) is 1.95. The van der Waals surface area contributed by atoms with Crippen molar-refractivity contribution in [1.29, 1.82) is 0 Å². The van der Waals surface area contributed by atoms with Crippen LogP contribution in [0.4, 0.5) is 0 Å². The Morgan fingerprint density at radius 1 is 0.650 bits per heavy atom. The molecule has 0 saturated heterocycles. The molecule has 6 heteroatoms. The van der Waals surface area contributed by atoms with Gasteiger partial charge >= 0.3 is 11.8 Å². The summed E-state index contributed by atoms with van der Waals surface area (Å²) in [4.78, 5) is 0. The van der Waals surface area contributed by atoms with Crippen LogP contribution in [0.25, 0.3) is 0 Å². The van der Waals surface area contributed by atoms with Gasteiger partial charge in [-0.2, -0.15) is 5.21 Å². The minimum atomic E-state index is 0. The molecule has 0 aliphatic heterocycles. The third-order valence-electron chi connectivity index (χ3n) is 2.40. The van der Waals surface area contributed by atoms with Gasteiger partial charge < -0.3 is 9.47 Å². The summed E-state index contributed by atoms with van der Waals surface area (Å²) in [6, 6.07) is 18.7. The van der Waals surface area contributed by atoms with Crippen LogP contribution in [-0.2, 0) is 26.2 Å². The zero-order chi connectivity index (χ0) is 12.9. The Labute approximate surface area is 135 Å². The van der Waals surface area contributed by atoms with Crippen LogP contribution in [0.5, 0.6) is 23.3 Å². The molecular formula is C14H11N3O2Zr. The van der Waals surface area contributed by atoms with Gasteiger partial charge in [0.1, 0.15) is 11.5 Å². The van der Waals surface area contributed by atoms with E-state index in [0.717, 1.165) is 0 Å². The van der Waals surface area contributed by atoms with E-state index >= 15 is 0 Å². The van der Waals surface area contributed by atoms with E-state index in [1.807, 2.05) is 60.7 Å². The fourth-order valence-corrected chi connectivity index (χ4v) is 1.54. The fraction of sp³-hybridized carbons (Fsp3) is 0. The molecule has 0 spiro atoms. The second kappa shape index (κ2) is 7.01. The summed E-state index contributed by atoms with van der Waals surface area (Å²) in [7, 11) is 0. The van der Waals surface area contributed by atoms with Crippen molar-refractivity contribution in [2.75, 3.05) is 0 Å². The predicted molar refractivity (Wildman–Crippen MR) is 69.4 cm³/mol. The number of ether oxygens (including phenoxy) is 2. The fourth-order valence-electron chi connectivity index (χ4n) is 1.54. The normalized spacial score (nSPS) is 9.60. The number of aromatic nitrogens is 3. The van der Waals surface area contributed by atoms with Crippen molar-refractivity contribution >= 4 is 0 Å². The molecular weight excluding hydrogens is 333 g/mol. The molecule has 0 aliphatic rings. The second-order valence-electron chi connectivity index (χ2n) is 3.76. The monoisotopic (exact) mass is 343 g/mol. The van der Waals surface area contributed by atoms with Gasteiger partial charge in [-0.25, -0.2) is 0 Å². The van der Waals surface area contributed by atoms with Gasteiger partial charge in [-0.05, 0) is 24.3 Å². The van der Waals surface area contributed by atoms with Gasteiger partial charge in [-0.1, -0.05) is 36.4 Å². The van der Waals surface area contributed by atoms with E-state index in [4.69, 9.17) is 9.47 Å². The summed E-state index contributed by atoms with van der Waals surface area (Å²) in [6.07, 6.45) is 0. The summed E-state index contributed by atoms with van der Waals surface area (Å²) in [6.45, 7) is 0. The number of nitrogens with one attached hydrogen (secondary N) is 1. The number of para-hydroxylation sites is 2. The van der Waals surface area contributed by atoms with Gasteiger partial charge in [0.25, 0.3) is 0 Å². The molecule has 1 heterocycles. The van der Waals surface area contributed by atoms with Gasteiger partial charge in [0.15, 0.2) is 0 Å². The van der Waals surface area contributed by atoms with E-state index in [0.29, 0.717) is 23.3 Å². The largest absolute Gasteiger partial charge is 0.434 e. The second-order valence-corrected chi connectivity index (χ2v) is 3.76. The van der Waals surface area contributed by atoms with Gasteiger partial charge in [-0.15, -0.1) is 10.2 Å². The summed E-state index contributed by atoms with van der Waals surface area (Å²) in [5.41, 5.74) is 0. The minimum Gasteiger partial charge on any atom is -0.434 e. The van der Waals surface area contributed by atoms with Gasteiger partial charge in [-0.3, -0.25) is 0 Å². The quantitative estimate of drug-likeness (QED) is 0.788. The molecule has 0 saturated carbocycles. The maximum absolute atomic E-state index is 5.59. The molecule has 0 atom stereocenters. The first-order valence-electron chi connectivity index (χ1n) is 5.78. The van der Waals surface area contributed by atoms with Gasteiger partial charge in [0.2, 0.25) is 0 Å². The SMILES string of the molecule is [Zr].c1ccc(Oc2n[nH]nc2Oc2ccccc2)cc1. The number of hydrogen-bond donors (Lipinski definition) is 1. The minimum absolute atomic E-state index is 0. The van der Waals surface area contributed by atoms with Crippen LogP contribution in [0.3, 0.4) is 0 Å². The van der Waals surface area contributed by atoms with E-state index in [1.54, 1.807) is 0 Å². The first-order valence-corrected chi connectivity index (χ1v) is 5.78. The van der Waals surface area contributed by atoms with Crippen LogP contribution in [0.2, 0.25) is 0 Å². The van der Waals surface area contributed by atoms with E-state index in [2.05, 4.69) is 15.4 Å². The number of nitrogens with zero attached hydrogens (tertiary/aromatic N) is 2. The van der Waals surface area contributed by atoms with Crippen molar-refractivity contribution in [2.45, 2.75) is 0 Å². The van der Waals surface area contributed by atoms with Gasteiger partial charge in [0.05, 0.1) is 0 Å². The summed E-state index contributed by atoms with van der Waals surface area (Å²) >= 11 is 0. The van der Waals surface area contributed by atoms with E-state index in [-0.39, 0.29) is 26.2 Å². The Morgan fingerprint density at radius 2 is 1.05 bits per heavy atom. The first-order chi connectivity index (χ1) is 9.42. The van der Waals surface area contributed by atoms with Crippen LogP contribution >= 0.6 is 0 Å². The molecule has 0 bridgehead atoms. The molecule has 0 amide bonds. The average Bonchev–Trinajstić information content (AvgIpc) is 2.88. The number of hydrogen-bond acceptors (Lipinski definition) is 4. The summed E-state index contributed by atoms with van der Waals surface area (Å²) < 4.78 is 11.2. The molecule has 5 nitrogen and oxygen atoms in total. The summed E-state index contributed by atoms with van der Waals surface area (Å²) in [5, 5.41) is 10.3. The number of benzene rings is 2. The Morgan fingerprint density at radius 3 is 1.45 bits per heavy atom. The zero-order valence-corrected chi connectivity index (χ0v) is 12.9. The first kappa shape index (κ1) is 14.5. The molecule has 0 radical (unpaired) electrons. The van der Waals surface area contributed by atoms with Crippen LogP contribution in [0.1, 0.15) is 0 Å². The number of rotatable bonds is 4. The van der Waals surface area contributed by atoms with E-state index in [1.165, 1.54) is 0 Å². The van der Waals surface area contributed by atoms with E-state index < -0.39 is 0 Å². The van der Waals surface area contributed by atoms with Crippen molar-refractivity contribution in [3.8, 4) is 23.3 Å². The predicted octanol–water partition coefficient (Wildman–Crippen LogP) is 3.39. The Hall–Kier alpha value is -1.94. The van der Waals surface area contributed by atoms with Crippen molar-refractivity contribution in [3.05, 3.63) is 60.7 Å². The Kier molecular flexibility index (Phi) is 5.07. The maximum atomic E-state index is 5.59. The van der Waals surface area contributed by atoms with Crippen LogP contribution in [-0.4, -0.2) is 15.4 Å². The maximum Gasteiger partial charge on any atom is 0.304 e.